The molecule has 1 heterocycles. The maximum absolute atomic E-state index is 11.9. The molecule has 1 atom stereocenters. The predicted octanol–water partition coefficient (Wildman–Crippen LogP) is 0.716. The van der Waals surface area contributed by atoms with Crippen LogP contribution in [0.25, 0.3) is 0 Å². The molecule has 3 N–H and O–H groups in total. The van der Waals surface area contributed by atoms with Crippen molar-refractivity contribution in [3.8, 4) is 0 Å². The number of hydrogen-bond donors (Lipinski definition) is 2. The predicted molar refractivity (Wildman–Crippen MR) is 83.8 cm³/mol. The fraction of sp³-hybridized carbons (Fsp3) is 0.500. The summed E-state index contributed by atoms with van der Waals surface area (Å²) in [5.74, 6) is 0.249. The van der Waals surface area contributed by atoms with Crippen molar-refractivity contribution in [2.75, 3.05) is 35.6 Å². The highest BCUT2D eigenvalue weighted by Crippen LogP contribution is 2.14. The number of nitrogens with two attached hydrogens (primary N) is 1. The van der Waals surface area contributed by atoms with E-state index in [1.807, 2.05) is 11.8 Å². The number of benzene rings is 1. The third kappa shape index (κ3) is 4.71. The quantitative estimate of drug-likeness (QED) is 0.799. The van der Waals surface area contributed by atoms with E-state index in [1.54, 1.807) is 24.3 Å². The van der Waals surface area contributed by atoms with Crippen molar-refractivity contribution in [3.63, 3.8) is 0 Å². The highest BCUT2D eigenvalue weighted by atomic mass is 32.2. The van der Waals surface area contributed by atoms with E-state index in [9.17, 15) is 13.2 Å². The van der Waals surface area contributed by atoms with Gasteiger partial charge in [-0.05, 0) is 25.1 Å². The average Bonchev–Trinajstić information content (AvgIpc) is 2.36. The maximum atomic E-state index is 11.9. The Hall–Kier alpha value is -1.60. The van der Waals surface area contributed by atoms with Gasteiger partial charge < -0.3 is 11.1 Å². The third-order valence-corrected chi connectivity index (χ3v) is 5.40. The lowest BCUT2D eigenvalue weighted by molar-refractivity contribution is -0.116. The van der Waals surface area contributed by atoms with Crippen molar-refractivity contribution < 1.29 is 13.2 Å². The minimum atomic E-state index is -2.91. The van der Waals surface area contributed by atoms with Crippen LogP contribution in [0.4, 0.5) is 11.4 Å². The maximum Gasteiger partial charge on any atom is 0.225 e. The molecule has 0 saturated carbocycles. The van der Waals surface area contributed by atoms with Crippen LogP contribution < -0.4 is 11.1 Å². The molecule has 0 bridgehead atoms. The summed E-state index contributed by atoms with van der Waals surface area (Å²) in [4.78, 5) is 13.9. The molecule has 0 aromatic heterocycles. The monoisotopic (exact) mass is 311 g/mol. The van der Waals surface area contributed by atoms with Gasteiger partial charge in [0.25, 0.3) is 0 Å². The van der Waals surface area contributed by atoms with E-state index in [0.717, 1.165) is 0 Å². The second-order valence-corrected chi connectivity index (χ2v) is 7.65. The Labute approximate surface area is 125 Å². The van der Waals surface area contributed by atoms with E-state index in [1.165, 1.54) is 0 Å². The molecule has 0 radical (unpaired) electrons. The van der Waals surface area contributed by atoms with Crippen molar-refractivity contribution in [2.45, 2.75) is 19.4 Å². The second-order valence-electron chi connectivity index (χ2n) is 5.42. The van der Waals surface area contributed by atoms with Crippen molar-refractivity contribution in [2.24, 2.45) is 0 Å². The molecule has 116 valence electrons. The first-order valence-corrected chi connectivity index (χ1v) is 8.78. The molecule has 1 aromatic rings. The number of hydrogen-bond acceptors (Lipinski definition) is 5. The number of carbonyl (C=O) groups excluding carboxylic acids is 1. The van der Waals surface area contributed by atoms with Gasteiger partial charge in [-0.2, -0.15) is 0 Å². The lowest BCUT2D eigenvalue weighted by atomic mass is 10.2. The number of amides is 1. The molecule has 0 spiro atoms. The van der Waals surface area contributed by atoms with E-state index in [0.29, 0.717) is 30.9 Å². The van der Waals surface area contributed by atoms with E-state index in [2.05, 4.69) is 5.32 Å². The van der Waals surface area contributed by atoms with E-state index >= 15 is 0 Å². The molecule has 1 saturated heterocycles. The summed E-state index contributed by atoms with van der Waals surface area (Å²) >= 11 is 0. The molecular formula is C14H21N3O3S. The molecule has 7 heteroatoms. The van der Waals surface area contributed by atoms with Gasteiger partial charge in [-0.15, -0.1) is 0 Å². The largest absolute Gasteiger partial charge is 0.399 e. The van der Waals surface area contributed by atoms with Crippen LogP contribution >= 0.6 is 0 Å². The smallest absolute Gasteiger partial charge is 0.225 e. The van der Waals surface area contributed by atoms with Crippen molar-refractivity contribution in [1.82, 2.24) is 4.90 Å². The number of nitrogens with zero attached hydrogens (tertiary/aromatic N) is 1. The van der Waals surface area contributed by atoms with Crippen LogP contribution in [0.5, 0.6) is 0 Å². The summed E-state index contributed by atoms with van der Waals surface area (Å²) < 4.78 is 23.0. The number of rotatable bonds is 4. The Morgan fingerprint density at radius 2 is 2.24 bits per heavy atom. The molecular weight excluding hydrogens is 290 g/mol. The zero-order valence-electron chi connectivity index (χ0n) is 12.1. The van der Waals surface area contributed by atoms with Crippen LogP contribution in [0.15, 0.2) is 24.3 Å². The van der Waals surface area contributed by atoms with Gasteiger partial charge in [-0.3, -0.25) is 9.69 Å². The lowest BCUT2D eigenvalue weighted by Crippen LogP contribution is -2.47. The number of anilines is 2. The highest BCUT2D eigenvalue weighted by Gasteiger charge is 2.27. The summed E-state index contributed by atoms with van der Waals surface area (Å²) in [7, 11) is -2.91. The first-order chi connectivity index (χ1) is 9.85. The standard InChI is InChI=1S/C14H21N3O3S/c1-11-10-21(19,20)8-7-17(11)6-5-14(18)16-13-4-2-3-12(15)9-13/h2-4,9,11H,5-8,10,15H2,1H3,(H,16,18). The van der Waals surface area contributed by atoms with E-state index in [4.69, 9.17) is 5.73 Å². The summed E-state index contributed by atoms with van der Waals surface area (Å²) in [6, 6.07) is 6.98. The molecule has 1 unspecified atom stereocenters. The van der Waals surface area contributed by atoms with E-state index < -0.39 is 9.84 Å². The molecule has 2 rings (SSSR count). The summed E-state index contributed by atoms with van der Waals surface area (Å²) in [5.41, 5.74) is 6.93. The van der Waals surface area contributed by atoms with E-state index in [-0.39, 0.29) is 23.5 Å². The second kappa shape index (κ2) is 6.44. The van der Waals surface area contributed by atoms with Gasteiger partial charge in [0.15, 0.2) is 9.84 Å². The zero-order chi connectivity index (χ0) is 15.5. The molecule has 0 aliphatic carbocycles. The lowest BCUT2D eigenvalue weighted by Gasteiger charge is -2.32. The normalized spacial score (nSPS) is 21.9. The van der Waals surface area contributed by atoms with Gasteiger partial charge in [-0.25, -0.2) is 8.42 Å². The van der Waals surface area contributed by atoms with Crippen molar-refractivity contribution in [3.05, 3.63) is 24.3 Å². The first-order valence-electron chi connectivity index (χ1n) is 6.95. The zero-order valence-corrected chi connectivity index (χ0v) is 12.9. The minimum absolute atomic E-state index is 0.0380. The Kier molecular flexibility index (Phi) is 4.84. The number of sulfone groups is 1. The topological polar surface area (TPSA) is 92.5 Å². The highest BCUT2D eigenvalue weighted by molar-refractivity contribution is 7.91. The van der Waals surface area contributed by atoms with Crippen LogP contribution in [-0.4, -0.2) is 49.9 Å². The summed E-state index contributed by atoms with van der Waals surface area (Å²) in [6.45, 7) is 2.94. The molecule has 21 heavy (non-hydrogen) atoms. The van der Waals surface area contributed by atoms with Crippen LogP contribution in [0.3, 0.4) is 0 Å². The Bertz CT molecular complexity index is 616. The summed E-state index contributed by atoms with van der Waals surface area (Å²) in [5, 5.41) is 2.79. The van der Waals surface area contributed by atoms with Gasteiger partial charge >= 0.3 is 0 Å². The van der Waals surface area contributed by atoms with Gasteiger partial charge in [-0.1, -0.05) is 6.07 Å². The molecule has 1 aliphatic rings. The number of nitrogens with one attached hydrogen (secondary N) is 1. The fourth-order valence-corrected chi connectivity index (χ4v) is 4.08. The average molecular weight is 311 g/mol. The van der Waals surface area contributed by atoms with Crippen LogP contribution in [0, 0.1) is 0 Å². The third-order valence-electron chi connectivity index (χ3n) is 3.60. The fourth-order valence-electron chi connectivity index (χ4n) is 2.45. The molecule has 1 aliphatic heterocycles. The van der Waals surface area contributed by atoms with Gasteiger partial charge in [0, 0.05) is 36.9 Å². The molecule has 1 amide bonds. The molecule has 1 fully saturated rings. The van der Waals surface area contributed by atoms with Crippen LogP contribution in [0.2, 0.25) is 0 Å². The number of carbonyl (C=O) groups is 1. The Balaban J connectivity index is 1.82. The molecule has 6 nitrogen and oxygen atoms in total. The minimum Gasteiger partial charge on any atom is -0.399 e. The van der Waals surface area contributed by atoms with Gasteiger partial charge in [0.2, 0.25) is 5.91 Å². The van der Waals surface area contributed by atoms with Crippen LogP contribution in [-0.2, 0) is 14.6 Å². The number of nitrogen functional groups attached to an aromatic ring is 1. The summed E-state index contributed by atoms with van der Waals surface area (Å²) in [6.07, 6.45) is 0.333. The Morgan fingerprint density at radius 3 is 2.90 bits per heavy atom. The molecule has 1 aromatic carbocycles. The van der Waals surface area contributed by atoms with Crippen LogP contribution in [0.1, 0.15) is 13.3 Å². The van der Waals surface area contributed by atoms with Gasteiger partial charge in [0.1, 0.15) is 0 Å². The van der Waals surface area contributed by atoms with Crippen molar-refractivity contribution >= 4 is 27.1 Å². The first kappa shape index (κ1) is 15.8. The van der Waals surface area contributed by atoms with Crippen molar-refractivity contribution in [1.29, 1.82) is 0 Å². The van der Waals surface area contributed by atoms with Gasteiger partial charge in [0.05, 0.1) is 11.5 Å². The SMILES string of the molecule is CC1CS(=O)(=O)CCN1CCC(=O)Nc1cccc(N)c1. The Morgan fingerprint density at radius 1 is 1.48 bits per heavy atom.